The molecule has 94 valence electrons. The standard InChI is InChI=1S/C12H14F2O3/c1-2-3-4-7-17-9-6-5-8(12(15)16)10(13)11(9)14/h5-6H,2-4,7H2,1H3,(H,15,16). The molecule has 1 N–H and O–H groups in total. The summed E-state index contributed by atoms with van der Waals surface area (Å²) >= 11 is 0. The predicted octanol–water partition coefficient (Wildman–Crippen LogP) is 3.23. The third-order valence-electron chi connectivity index (χ3n) is 2.28. The summed E-state index contributed by atoms with van der Waals surface area (Å²) in [6.07, 6.45) is 2.69. The summed E-state index contributed by atoms with van der Waals surface area (Å²) in [6.45, 7) is 2.30. The number of carboxylic acids is 1. The number of ether oxygens (including phenoxy) is 1. The van der Waals surface area contributed by atoms with Gasteiger partial charge in [0.15, 0.2) is 11.6 Å². The van der Waals surface area contributed by atoms with Crippen LogP contribution in [0.4, 0.5) is 8.78 Å². The molecule has 17 heavy (non-hydrogen) atoms. The van der Waals surface area contributed by atoms with E-state index in [0.29, 0.717) is 0 Å². The Labute approximate surface area is 98.0 Å². The second-order valence-corrected chi connectivity index (χ2v) is 3.60. The fraction of sp³-hybridized carbons (Fsp3) is 0.417. The van der Waals surface area contributed by atoms with Crippen LogP contribution in [0.1, 0.15) is 36.5 Å². The van der Waals surface area contributed by atoms with Crippen LogP contribution in [0.25, 0.3) is 0 Å². The second-order valence-electron chi connectivity index (χ2n) is 3.60. The first-order chi connectivity index (χ1) is 8.07. The molecule has 0 aromatic heterocycles. The van der Waals surface area contributed by atoms with Crippen LogP contribution in [0.15, 0.2) is 12.1 Å². The number of aromatic carboxylic acids is 1. The van der Waals surface area contributed by atoms with Crippen molar-refractivity contribution in [1.29, 1.82) is 0 Å². The summed E-state index contributed by atoms with van der Waals surface area (Å²) in [7, 11) is 0. The van der Waals surface area contributed by atoms with E-state index in [4.69, 9.17) is 9.84 Å². The fourth-order valence-electron chi connectivity index (χ4n) is 1.34. The molecule has 0 spiro atoms. The van der Waals surface area contributed by atoms with Crippen LogP contribution in [0.3, 0.4) is 0 Å². The molecular weight excluding hydrogens is 230 g/mol. The van der Waals surface area contributed by atoms with Crippen molar-refractivity contribution in [1.82, 2.24) is 0 Å². The number of halogens is 2. The maximum absolute atomic E-state index is 13.4. The van der Waals surface area contributed by atoms with Crippen LogP contribution < -0.4 is 4.74 Å². The minimum Gasteiger partial charge on any atom is -0.490 e. The summed E-state index contributed by atoms with van der Waals surface area (Å²) in [5.41, 5.74) is -0.691. The fourth-order valence-corrected chi connectivity index (χ4v) is 1.34. The number of carbonyl (C=O) groups is 1. The van der Waals surface area contributed by atoms with E-state index in [0.717, 1.165) is 31.4 Å². The zero-order valence-electron chi connectivity index (χ0n) is 9.50. The number of hydrogen-bond acceptors (Lipinski definition) is 2. The Balaban J connectivity index is 2.75. The topological polar surface area (TPSA) is 46.5 Å². The average molecular weight is 244 g/mol. The Morgan fingerprint density at radius 1 is 1.29 bits per heavy atom. The molecule has 0 fully saturated rings. The zero-order valence-corrected chi connectivity index (χ0v) is 9.50. The molecule has 0 aliphatic carbocycles. The molecule has 0 aliphatic heterocycles. The van der Waals surface area contributed by atoms with Crippen LogP contribution in [0, 0.1) is 11.6 Å². The van der Waals surface area contributed by atoms with E-state index in [9.17, 15) is 13.6 Å². The first-order valence-corrected chi connectivity index (χ1v) is 5.42. The van der Waals surface area contributed by atoms with Crippen molar-refractivity contribution in [3.8, 4) is 5.75 Å². The van der Waals surface area contributed by atoms with Crippen LogP contribution >= 0.6 is 0 Å². The number of unbranched alkanes of at least 4 members (excludes halogenated alkanes) is 2. The van der Waals surface area contributed by atoms with Crippen LogP contribution in [-0.2, 0) is 0 Å². The van der Waals surface area contributed by atoms with Crippen molar-refractivity contribution in [3.63, 3.8) is 0 Å². The van der Waals surface area contributed by atoms with E-state index in [2.05, 4.69) is 0 Å². The van der Waals surface area contributed by atoms with Gasteiger partial charge >= 0.3 is 5.97 Å². The van der Waals surface area contributed by atoms with Gasteiger partial charge in [0, 0.05) is 0 Å². The van der Waals surface area contributed by atoms with E-state index < -0.39 is 23.2 Å². The minimum absolute atomic E-state index is 0.247. The SMILES string of the molecule is CCCCCOc1ccc(C(=O)O)c(F)c1F. The Morgan fingerprint density at radius 2 is 2.00 bits per heavy atom. The molecule has 0 heterocycles. The molecule has 1 rings (SSSR count). The lowest BCUT2D eigenvalue weighted by Gasteiger charge is -2.08. The molecule has 0 saturated carbocycles. The highest BCUT2D eigenvalue weighted by molar-refractivity contribution is 5.88. The number of carboxylic acid groups (broad SMARTS) is 1. The zero-order chi connectivity index (χ0) is 12.8. The van der Waals surface area contributed by atoms with Crippen molar-refractivity contribution in [2.45, 2.75) is 26.2 Å². The van der Waals surface area contributed by atoms with Crippen LogP contribution in [0.2, 0.25) is 0 Å². The van der Waals surface area contributed by atoms with Gasteiger partial charge in [0.05, 0.1) is 12.2 Å². The highest BCUT2D eigenvalue weighted by atomic mass is 19.2. The highest BCUT2D eigenvalue weighted by Gasteiger charge is 2.18. The van der Waals surface area contributed by atoms with Gasteiger partial charge in [-0.25, -0.2) is 9.18 Å². The van der Waals surface area contributed by atoms with Gasteiger partial charge in [-0.3, -0.25) is 0 Å². The molecule has 0 atom stereocenters. The maximum atomic E-state index is 13.4. The van der Waals surface area contributed by atoms with Crippen molar-refractivity contribution >= 4 is 5.97 Å². The van der Waals surface area contributed by atoms with Gasteiger partial charge in [-0.2, -0.15) is 4.39 Å². The van der Waals surface area contributed by atoms with Crippen molar-refractivity contribution < 1.29 is 23.4 Å². The molecule has 0 saturated heterocycles. The van der Waals surface area contributed by atoms with Crippen molar-refractivity contribution in [3.05, 3.63) is 29.3 Å². The van der Waals surface area contributed by atoms with E-state index in [1.807, 2.05) is 6.92 Å². The Bertz CT molecular complexity index is 405. The van der Waals surface area contributed by atoms with Gasteiger partial charge in [-0.05, 0) is 18.6 Å². The summed E-state index contributed by atoms with van der Waals surface area (Å²) < 4.78 is 31.7. The largest absolute Gasteiger partial charge is 0.490 e. The molecule has 0 radical (unpaired) electrons. The molecule has 0 unspecified atom stereocenters. The lowest BCUT2D eigenvalue weighted by atomic mass is 10.2. The first-order valence-electron chi connectivity index (χ1n) is 5.42. The van der Waals surface area contributed by atoms with Gasteiger partial charge in [-0.15, -0.1) is 0 Å². The van der Waals surface area contributed by atoms with Crippen LogP contribution in [-0.4, -0.2) is 17.7 Å². The Hall–Kier alpha value is -1.65. The Morgan fingerprint density at radius 3 is 2.59 bits per heavy atom. The third-order valence-corrected chi connectivity index (χ3v) is 2.28. The molecular formula is C12H14F2O3. The molecule has 1 aromatic carbocycles. The van der Waals surface area contributed by atoms with Gasteiger partial charge in [-0.1, -0.05) is 19.8 Å². The van der Waals surface area contributed by atoms with E-state index >= 15 is 0 Å². The maximum Gasteiger partial charge on any atom is 0.338 e. The molecule has 5 heteroatoms. The van der Waals surface area contributed by atoms with Gasteiger partial charge in [0.1, 0.15) is 0 Å². The van der Waals surface area contributed by atoms with E-state index in [1.54, 1.807) is 0 Å². The monoisotopic (exact) mass is 244 g/mol. The molecule has 0 aliphatic rings. The van der Waals surface area contributed by atoms with Gasteiger partial charge < -0.3 is 9.84 Å². The summed E-state index contributed by atoms with van der Waals surface area (Å²) in [4.78, 5) is 10.5. The average Bonchev–Trinajstić information content (AvgIpc) is 2.29. The van der Waals surface area contributed by atoms with Gasteiger partial charge in [0.25, 0.3) is 0 Å². The molecule has 0 bridgehead atoms. The number of benzene rings is 1. The predicted molar refractivity (Wildman–Crippen MR) is 58.3 cm³/mol. The van der Waals surface area contributed by atoms with Crippen molar-refractivity contribution in [2.24, 2.45) is 0 Å². The normalized spacial score (nSPS) is 10.3. The smallest absolute Gasteiger partial charge is 0.338 e. The summed E-state index contributed by atoms with van der Waals surface area (Å²) in [6, 6.07) is 2.13. The quantitative estimate of drug-likeness (QED) is 0.781. The second kappa shape index (κ2) is 6.18. The van der Waals surface area contributed by atoms with Crippen molar-refractivity contribution in [2.75, 3.05) is 6.61 Å². The highest BCUT2D eigenvalue weighted by Crippen LogP contribution is 2.23. The Kier molecular flexibility index (Phi) is 4.87. The lowest BCUT2D eigenvalue weighted by Crippen LogP contribution is -2.06. The van der Waals surface area contributed by atoms with E-state index in [1.165, 1.54) is 0 Å². The van der Waals surface area contributed by atoms with Crippen LogP contribution in [0.5, 0.6) is 5.75 Å². The minimum atomic E-state index is -1.50. The first kappa shape index (κ1) is 13.4. The third kappa shape index (κ3) is 3.41. The molecule has 3 nitrogen and oxygen atoms in total. The molecule has 1 aromatic rings. The van der Waals surface area contributed by atoms with Gasteiger partial charge in [0.2, 0.25) is 5.82 Å². The summed E-state index contributed by atoms with van der Waals surface area (Å²) in [5, 5.41) is 8.58. The number of hydrogen-bond donors (Lipinski definition) is 1. The summed E-state index contributed by atoms with van der Waals surface area (Å²) in [5.74, 6) is -4.38. The van der Waals surface area contributed by atoms with E-state index in [-0.39, 0.29) is 12.4 Å². The number of rotatable bonds is 6. The lowest BCUT2D eigenvalue weighted by molar-refractivity contribution is 0.0690. The molecule has 0 amide bonds.